The highest BCUT2D eigenvalue weighted by atomic mass is 15.0. The van der Waals surface area contributed by atoms with Crippen molar-refractivity contribution in [3.05, 3.63) is 199 Å². The first-order chi connectivity index (χ1) is 27.2. The molecule has 0 saturated heterocycles. The zero-order valence-corrected chi connectivity index (χ0v) is 29.5. The van der Waals surface area contributed by atoms with Gasteiger partial charge >= 0.3 is 0 Å². The monoisotopic (exact) mass is 699 g/mol. The largest absolute Gasteiger partial charge is 0.311 e. The van der Waals surface area contributed by atoms with E-state index in [0.717, 1.165) is 66.4 Å². The Bertz CT molecular complexity index is 3420. The normalized spacial score (nSPS) is 11.6. The quantitative estimate of drug-likeness (QED) is 0.163. The van der Waals surface area contributed by atoms with Crippen molar-refractivity contribution in [1.29, 1.82) is 0 Å². The van der Waals surface area contributed by atoms with Gasteiger partial charge in [0.05, 0.1) is 40.7 Å². The van der Waals surface area contributed by atoms with Crippen LogP contribution in [0.1, 0.15) is 0 Å². The van der Waals surface area contributed by atoms with Gasteiger partial charge in [-0.15, -0.1) is 0 Å². The molecule has 0 amide bonds. The molecule has 5 heteroatoms. The SMILES string of the molecule is [C-]#[N+]c1ccc(-n2c3ccccc3c3cc(-n4c5ccccc5c5ccccc54)ccc32)cc1-c1cccc(-n2c3ccccc3c3c([N+]#[C-])cccc32)c1. The van der Waals surface area contributed by atoms with E-state index in [1.807, 2.05) is 30.3 Å². The molecule has 8 aromatic carbocycles. The number of hydrogen-bond acceptors (Lipinski definition) is 0. The molecule has 0 unspecified atom stereocenters. The summed E-state index contributed by atoms with van der Waals surface area (Å²) in [6, 6.07) is 61.3. The Morgan fingerprint density at radius 2 is 0.800 bits per heavy atom. The van der Waals surface area contributed by atoms with Crippen LogP contribution in [0.25, 0.3) is 103 Å². The Hall–Kier alpha value is -7.86. The van der Waals surface area contributed by atoms with Crippen LogP contribution in [0.3, 0.4) is 0 Å². The molecule has 0 aliphatic heterocycles. The van der Waals surface area contributed by atoms with Gasteiger partial charge < -0.3 is 13.7 Å². The van der Waals surface area contributed by atoms with Crippen molar-refractivity contribution in [2.24, 2.45) is 0 Å². The van der Waals surface area contributed by atoms with Gasteiger partial charge in [0.2, 0.25) is 0 Å². The van der Waals surface area contributed by atoms with Gasteiger partial charge in [0.1, 0.15) is 0 Å². The van der Waals surface area contributed by atoms with Crippen LogP contribution in [-0.2, 0) is 0 Å². The molecule has 0 fully saturated rings. The molecule has 55 heavy (non-hydrogen) atoms. The predicted octanol–water partition coefficient (Wildman–Crippen LogP) is 13.7. The smallest absolute Gasteiger partial charge is 0.197 e. The molecule has 3 heterocycles. The second-order valence-electron chi connectivity index (χ2n) is 13.9. The molecule has 5 nitrogen and oxygen atoms in total. The molecular formula is C50H29N5. The van der Waals surface area contributed by atoms with Gasteiger partial charge in [-0.1, -0.05) is 103 Å². The summed E-state index contributed by atoms with van der Waals surface area (Å²) >= 11 is 0. The van der Waals surface area contributed by atoms with Crippen LogP contribution >= 0.6 is 0 Å². The summed E-state index contributed by atoms with van der Waals surface area (Å²) in [6.07, 6.45) is 0. The fourth-order valence-corrected chi connectivity index (χ4v) is 8.75. The van der Waals surface area contributed by atoms with Crippen molar-refractivity contribution >= 4 is 76.8 Å². The summed E-state index contributed by atoms with van der Waals surface area (Å²) in [7, 11) is 0. The van der Waals surface area contributed by atoms with Crippen LogP contribution in [0.4, 0.5) is 11.4 Å². The number of fused-ring (bicyclic) bond motifs is 9. The predicted molar refractivity (Wildman–Crippen MR) is 227 cm³/mol. The Morgan fingerprint density at radius 1 is 0.327 bits per heavy atom. The third kappa shape index (κ3) is 4.45. The molecule has 0 aliphatic rings. The minimum atomic E-state index is 0.591. The average Bonchev–Trinajstić information content (AvgIpc) is 3.89. The van der Waals surface area contributed by atoms with Crippen LogP contribution in [0.15, 0.2) is 176 Å². The van der Waals surface area contributed by atoms with Gasteiger partial charge in [-0.05, 0) is 89.3 Å². The van der Waals surface area contributed by atoms with E-state index in [-0.39, 0.29) is 0 Å². The van der Waals surface area contributed by atoms with E-state index in [1.165, 1.54) is 27.2 Å². The summed E-state index contributed by atoms with van der Waals surface area (Å²) in [5.41, 5.74) is 12.7. The lowest BCUT2D eigenvalue weighted by Gasteiger charge is -2.14. The van der Waals surface area contributed by atoms with E-state index in [2.05, 4.69) is 169 Å². The molecule has 0 aliphatic carbocycles. The van der Waals surface area contributed by atoms with Crippen LogP contribution in [0.2, 0.25) is 0 Å². The molecule has 0 N–H and O–H groups in total. The minimum absolute atomic E-state index is 0.591. The van der Waals surface area contributed by atoms with Gasteiger partial charge in [-0.2, -0.15) is 0 Å². The first kappa shape index (κ1) is 30.7. The van der Waals surface area contributed by atoms with E-state index < -0.39 is 0 Å². The third-order valence-corrected chi connectivity index (χ3v) is 11.1. The molecule has 0 radical (unpaired) electrons. The summed E-state index contributed by atoms with van der Waals surface area (Å²) in [5.74, 6) is 0. The lowest BCUT2D eigenvalue weighted by Crippen LogP contribution is -1.97. The lowest BCUT2D eigenvalue weighted by molar-refractivity contribution is 1.16. The molecular weight excluding hydrogens is 671 g/mol. The van der Waals surface area contributed by atoms with Crippen molar-refractivity contribution in [2.75, 3.05) is 0 Å². The zero-order chi connectivity index (χ0) is 36.6. The summed E-state index contributed by atoms with van der Waals surface area (Å²) < 4.78 is 6.91. The number of para-hydroxylation sites is 4. The number of rotatable bonds is 4. The molecule has 11 rings (SSSR count). The maximum atomic E-state index is 8.18. The van der Waals surface area contributed by atoms with Crippen LogP contribution < -0.4 is 0 Å². The van der Waals surface area contributed by atoms with Gasteiger partial charge in [0.25, 0.3) is 0 Å². The van der Waals surface area contributed by atoms with Crippen LogP contribution in [0, 0.1) is 13.1 Å². The zero-order valence-electron chi connectivity index (χ0n) is 29.5. The Labute approximate surface area is 316 Å². The van der Waals surface area contributed by atoms with Gasteiger partial charge in [-0.3, -0.25) is 0 Å². The summed E-state index contributed by atoms with van der Waals surface area (Å²) in [6.45, 7) is 16.1. The van der Waals surface area contributed by atoms with Crippen molar-refractivity contribution in [1.82, 2.24) is 13.7 Å². The number of aromatic nitrogens is 3. The van der Waals surface area contributed by atoms with Gasteiger partial charge in [0, 0.05) is 49.5 Å². The van der Waals surface area contributed by atoms with Crippen molar-refractivity contribution in [2.45, 2.75) is 0 Å². The van der Waals surface area contributed by atoms with Gasteiger partial charge in [-0.25, -0.2) is 9.69 Å². The van der Waals surface area contributed by atoms with E-state index in [4.69, 9.17) is 13.1 Å². The lowest BCUT2D eigenvalue weighted by atomic mass is 10.0. The highest BCUT2D eigenvalue weighted by Crippen LogP contribution is 2.41. The second kappa shape index (κ2) is 11.8. The Kier molecular flexibility index (Phi) is 6.61. The van der Waals surface area contributed by atoms with Gasteiger partial charge in [0.15, 0.2) is 11.4 Å². The summed E-state index contributed by atoms with van der Waals surface area (Å²) in [5, 5.41) is 6.81. The van der Waals surface area contributed by atoms with Crippen LogP contribution in [0.5, 0.6) is 0 Å². The van der Waals surface area contributed by atoms with E-state index in [1.54, 1.807) is 0 Å². The molecule has 0 saturated carbocycles. The number of nitrogens with zero attached hydrogens (tertiary/aromatic N) is 5. The molecule has 0 atom stereocenters. The molecule has 254 valence electrons. The standard InChI is InChI=1S/C50H29N5/c1-51-42-27-25-34(30-40(42)32-13-11-14-33(29-32)55-47-23-10-6-18-39(47)50-43(52-2)19-12-24-49(50)55)54-46-22-9-5-17-38(46)41-31-35(26-28-48(41)54)53-44-20-7-3-15-36(44)37-16-4-8-21-45(37)53/h3-31H. The summed E-state index contributed by atoms with van der Waals surface area (Å²) in [4.78, 5) is 7.86. The van der Waals surface area contributed by atoms with E-state index >= 15 is 0 Å². The first-order valence-corrected chi connectivity index (χ1v) is 18.3. The molecule has 11 aromatic rings. The van der Waals surface area contributed by atoms with Crippen molar-refractivity contribution < 1.29 is 0 Å². The average molecular weight is 700 g/mol. The Morgan fingerprint density at radius 3 is 1.45 bits per heavy atom. The maximum absolute atomic E-state index is 8.18. The fourth-order valence-electron chi connectivity index (χ4n) is 8.75. The highest BCUT2D eigenvalue weighted by molar-refractivity contribution is 6.15. The first-order valence-electron chi connectivity index (χ1n) is 18.3. The molecule has 0 spiro atoms. The fraction of sp³-hybridized carbons (Fsp3) is 0. The number of benzene rings is 8. The highest BCUT2D eigenvalue weighted by Gasteiger charge is 2.19. The Balaban J connectivity index is 1.10. The van der Waals surface area contributed by atoms with E-state index in [9.17, 15) is 0 Å². The third-order valence-electron chi connectivity index (χ3n) is 11.1. The second-order valence-corrected chi connectivity index (χ2v) is 13.9. The maximum Gasteiger partial charge on any atom is 0.197 e. The van der Waals surface area contributed by atoms with Crippen LogP contribution in [-0.4, -0.2) is 13.7 Å². The minimum Gasteiger partial charge on any atom is -0.311 e. The van der Waals surface area contributed by atoms with Crippen molar-refractivity contribution in [3.63, 3.8) is 0 Å². The topological polar surface area (TPSA) is 23.5 Å². The van der Waals surface area contributed by atoms with Crippen molar-refractivity contribution in [3.8, 4) is 28.2 Å². The molecule has 0 bridgehead atoms. The number of hydrogen-bond donors (Lipinski definition) is 0. The molecule has 3 aromatic heterocycles. The van der Waals surface area contributed by atoms with E-state index in [0.29, 0.717) is 11.4 Å².